The van der Waals surface area contributed by atoms with Crippen molar-refractivity contribution in [3.8, 4) is 0 Å². The molecule has 12 heavy (non-hydrogen) atoms. The number of hydrogen-bond acceptors (Lipinski definition) is 3. The van der Waals surface area contributed by atoms with E-state index >= 15 is 0 Å². The quantitative estimate of drug-likeness (QED) is 0.350. The van der Waals surface area contributed by atoms with Crippen molar-refractivity contribution in [2.24, 2.45) is 0 Å². The predicted octanol–water partition coefficient (Wildman–Crippen LogP) is -0.231. The molecular formula is C7H15N3O2. The van der Waals surface area contributed by atoms with Gasteiger partial charge in [-0.05, 0) is 13.8 Å². The second-order valence-electron chi connectivity index (χ2n) is 3.56. The normalized spacial score (nSPS) is 22.1. The lowest BCUT2D eigenvalue weighted by molar-refractivity contribution is 0.0770. The summed E-state index contributed by atoms with van der Waals surface area (Å²) in [5.74, 6) is 0. The molecule has 0 aromatic carbocycles. The van der Waals surface area contributed by atoms with Crippen LogP contribution in [0.3, 0.4) is 0 Å². The van der Waals surface area contributed by atoms with Crippen molar-refractivity contribution in [1.29, 1.82) is 0 Å². The third kappa shape index (κ3) is 1.67. The van der Waals surface area contributed by atoms with E-state index in [9.17, 15) is 4.79 Å². The van der Waals surface area contributed by atoms with Crippen molar-refractivity contribution in [3.63, 3.8) is 0 Å². The number of hydroxylamine groups is 1. The number of nitrogens with zero attached hydrogens (tertiary/aromatic N) is 1. The predicted molar refractivity (Wildman–Crippen MR) is 44.0 cm³/mol. The van der Waals surface area contributed by atoms with Crippen LogP contribution in [0.25, 0.3) is 0 Å². The van der Waals surface area contributed by atoms with Gasteiger partial charge in [-0.25, -0.2) is 10.3 Å². The minimum Gasteiger partial charge on any atom is -0.315 e. The minimum absolute atomic E-state index is 0.231. The first kappa shape index (κ1) is 9.28. The summed E-state index contributed by atoms with van der Waals surface area (Å²) >= 11 is 0. The molecule has 70 valence electrons. The number of carbonyl (C=O) groups is 1. The van der Waals surface area contributed by atoms with Crippen LogP contribution in [-0.2, 0) is 0 Å². The van der Waals surface area contributed by atoms with Crippen molar-refractivity contribution in [3.05, 3.63) is 0 Å². The van der Waals surface area contributed by atoms with Crippen LogP contribution in [0.5, 0.6) is 0 Å². The molecule has 1 heterocycles. The van der Waals surface area contributed by atoms with E-state index < -0.39 is 6.03 Å². The van der Waals surface area contributed by atoms with E-state index in [0.29, 0.717) is 6.54 Å². The third-order valence-corrected chi connectivity index (χ3v) is 2.14. The number of amides is 2. The molecule has 0 atom stereocenters. The van der Waals surface area contributed by atoms with Crippen LogP contribution in [0.4, 0.5) is 4.79 Å². The van der Waals surface area contributed by atoms with Gasteiger partial charge in [0.1, 0.15) is 0 Å². The van der Waals surface area contributed by atoms with Gasteiger partial charge >= 0.3 is 6.03 Å². The first-order valence-electron chi connectivity index (χ1n) is 4.00. The zero-order valence-corrected chi connectivity index (χ0v) is 7.42. The number of rotatable bonds is 0. The Bertz CT molecular complexity index is 181. The summed E-state index contributed by atoms with van der Waals surface area (Å²) in [5.41, 5.74) is 1.42. The minimum atomic E-state index is -0.429. The Morgan fingerprint density at radius 3 is 2.83 bits per heavy atom. The van der Waals surface area contributed by atoms with E-state index in [0.717, 1.165) is 13.1 Å². The number of urea groups is 1. The monoisotopic (exact) mass is 173 g/mol. The van der Waals surface area contributed by atoms with Crippen LogP contribution in [0.1, 0.15) is 13.8 Å². The Balaban J connectivity index is 2.66. The van der Waals surface area contributed by atoms with Gasteiger partial charge in [0.25, 0.3) is 0 Å². The molecule has 0 radical (unpaired) electrons. The number of piperazine rings is 1. The Labute approximate surface area is 71.7 Å². The molecule has 1 fully saturated rings. The van der Waals surface area contributed by atoms with Crippen LogP contribution in [0.2, 0.25) is 0 Å². The van der Waals surface area contributed by atoms with Gasteiger partial charge < -0.3 is 10.2 Å². The smallest absolute Gasteiger partial charge is 0.315 e. The Hall–Kier alpha value is -0.810. The summed E-state index contributed by atoms with van der Waals surface area (Å²) in [7, 11) is 0. The van der Waals surface area contributed by atoms with Crippen molar-refractivity contribution in [2.75, 3.05) is 19.6 Å². The van der Waals surface area contributed by atoms with Gasteiger partial charge in [-0.15, -0.1) is 0 Å². The van der Waals surface area contributed by atoms with Crippen LogP contribution in [-0.4, -0.2) is 41.3 Å². The van der Waals surface area contributed by atoms with Gasteiger partial charge in [-0.3, -0.25) is 5.21 Å². The summed E-state index contributed by atoms with van der Waals surface area (Å²) < 4.78 is 0. The summed E-state index contributed by atoms with van der Waals surface area (Å²) in [6.45, 7) is 6.06. The van der Waals surface area contributed by atoms with Crippen LogP contribution in [0, 0.1) is 0 Å². The van der Waals surface area contributed by atoms with E-state index in [1.54, 1.807) is 10.4 Å². The Kier molecular flexibility index (Phi) is 2.54. The highest BCUT2D eigenvalue weighted by atomic mass is 16.5. The summed E-state index contributed by atoms with van der Waals surface area (Å²) in [5, 5.41) is 11.6. The maximum atomic E-state index is 11.1. The van der Waals surface area contributed by atoms with E-state index in [1.807, 2.05) is 13.8 Å². The standard InChI is InChI=1S/C7H15N3O2/c1-7(2)5-8-3-4-10(7)6(11)9-12/h8,12H,3-5H2,1-2H3,(H,9,11). The van der Waals surface area contributed by atoms with Crippen LogP contribution in [0.15, 0.2) is 0 Å². The fraction of sp³-hybridized carbons (Fsp3) is 0.857. The SMILES string of the molecule is CC1(C)CNCCN1C(=O)NO. The van der Waals surface area contributed by atoms with E-state index in [2.05, 4.69) is 5.32 Å². The van der Waals surface area contributed by atoms with Gasteiger partial charge in [0, 0.05) is 19.6 Å². The topological polar surface area (TPSA) is 64.6 Å². The Morgan fingerprint density at radius 2 is 2.33 bits per heavy atom. The van der Waals surface area contributed by atoms with Crippen molar-refractivity contribution >= 4 is 6.03 Å². The van der Waals surface area contributed by atoms with Crippen LogP contribution < -0.4 is 10.8 Å². The first-order valence-corrected chi connectivity index (χ1v) is 4.00. The van der Waals surface area contributed by atoms with E-state index in [4.69, 9.17) is 5.21 Å². The van der Waals surface area contributed by atoms with Crippen LogP contribution >= 0.6 is 0 Å². The van der Waals surface area contributed by atoms with Crippen molar-refractivity contribution < 1.29 is 10.0 Å². The molecule has 0 aromatic heterocycles. The van der Waals surface area contributed by atoms with Gasteiger partial charge in [-0.1, -0.05) is 0 Å². The first-order chi connectivity index (χ1) is 5.58. The average Bonchev–Trinajstić information content (AvgIpc) is 2.02. The van der Waals surface area contributed by atoms with Crippen molar-refractivity contribution in [2.45, 2.75) is 19.4 Å². The fourth-order valence-electron chi connectivity index (χ4n) is 1.42. The second-order valence-corrected chi connectivity index (χ2v) is 3.56. The fourth-order valence-corrected chi connectivity index (χ4v) is 1.42. The highest BCUT2D eigenvalue weighted by Gasteiger charge is 2.32. The summed E-state index contributed by atoms with van der Waals surface area (Å²) in [4.78, 5) is 12.7. The highest BCUT2D eigenvalue weighted by molar-refractivity contribution is 5.73. The lowest BCUT2D eigenvalue weighted by Crippen LogP contribution is -2.61. The molecule has 0 unspecified atom stereocenters. The largest absolute Gasteiger partial charge is 0.341 e. The number of hydrogen-bond donors (Lipinski definition) is 3. The highest BCUT2D eigenvalue weighted by Crippen LogP contribution is 2.15. The van der Waals surface area contributed by atoms with Gasteiger partial charge in [0.15, 0.2) is 0 Å². The van der Waals surface area contributed by atoms with Gasteiger partial charge in [0.05, 0.1) is 5.54 Å². The molecule has 0 aliphatic carbocycles. The zero-order chi connectivity index (χ0) is 9.19. The van der Waals surface area contributed by atoms with Gasteiger partial charge in [0.2, 0.25) is 0 Å². The van der Waals surface area contributed by atoms with E-state index in [1.165, 1.54) is 0 Å². The molecule has 1 aliphatic heterocycles. The average molecular weight is 173 g/mol. The summed E-state index contributed by atoms with van der Waals surface area (Å²) in [6.07, 6.45) is 0. The molecule has 5 nitrogen and oxygen atoms in total. The summed E-state index contributed by atoms with van der Waals surface area (Å²) in [6, 6.07) is -0.429. The molecule has 0 spiro atoms. The molecular weight excluding hydrogens is 158 g/mol. The molecule has 0 bridgehead atoms. The number of carbonyl (C=O) groups excluding carboxylic acids is 1. The zero-order valence-electron chi connectivity index (χ0n) is 7.42. The van der Waals surface area contributed by atoms with Crippen molar-refractivity contribution in [1.82, 2.24) is 15.7 Å². The van der Waals surface area contributed by atoms with Gasteiger partial charge in [-0.2, -0.15) is 0 Å². The molecule has 3 N–H and O–H groups in total. The molecule has 2 amide bonds. The lowest BCUT2D eigenvalue weighted by atomic mass is 10.0. The molecule has 1 aliphatic rings. The Morgan fingerprint density at radius 1 is 1.67 bits per heavy atom. The molecule has 0 aromatic rings. The molecule has 0 saturated carbocycles. The lowest BCUT2D eigenvalue weighted by Gasteiger charge is -2.41. The molecule has 5 heteroatoms. The third-order valence-electron chi connectivity index (χ3n) is 2.14. The maximum absolute atomic E-state index is 11.1. The maximum Gasteiger partial charge on any atom is 0.341 e. The molecule has 1 rings (SSSR count). The van der Waals surface area contributed by atoms with E-state index in [-0.39, 0.29) is 5.54 Å². The molecule has 1 saturated heterocycles. The second kappa shape index (κ2) is 3.28. The number of nitrogens with one attached hydrogen (secondary N) is 2.